The van der Waals surface area contributed by atoms with E-state index in [1.165, 1.54) is 0 Å². The Morgan fingerprint density at radius 2 is 1.32 bits per heavy atom. The molecule has 0 unspecified atom stereocenters. The fraction of sp³-hybridized carbons (Fsp3) is 0.739. The highest BCUT2D eigenvalue weighted by atomic mass is 16.1. The van der Waals surface area contributed by atoms with Crippen molar-refractivity contribution in [3.8, 4) is 0 Å². The second-order valence-electron chi connectivity index (χ2n) is 9.01. The molecule has 0 aromatic carbocycles. The molecule has 0 aliphatic carbocycles. The van der Waals surface area contributed by atoms with E-state index >= 15 is 0 Å². The number of hydrogen-bond acceptors (Lipinski definition) is 4. The highest BCUT2D eigenvalue weighted by Gasteiger charge is 2.40. The molecule has 0 radical (unpaired) electrons. The second kappa shape index (κ2) is 10.9. The first-order valence-corrected chi connectivity index (χ1v) is 10.8. The number of hydrogen-bond donors (Lipinski definition) is 1. The van der Waals surface area contributed by atoms with Crippen molar-refractivity contribution < 1.29 is 4.79 Å². The molecule has 0 fully saturated rings. The van der Waals surface area contributed by atoms with E-state index in [9.17, 15) is 4.79 Å². The zero-order valence-corrected chi connectivity index (χ0v) is 19.3. The number of nitrogens with zero attached hydrogens (tertiary/aromatic N) is 3. The van der Waals surface area contributed by atoms with Crippen LogP contribution in [0, 0.1) is 0 Å². The molecule has 1 aromatic heterocycles. The normalized spacial score (nSPS) is 12.9. The quantitative estimate of drug-likeness (QED) is 0.589. The van der Waals surface area contributed by atoms with Crippen LogP contribution in [-0.4, -0.2) is 57.9 Å². The van der Waals surface area contributed by atoms with Crippen molar-refractivity contribution in [1.29, 1.82) is 0 Å². The Labute approximate surface area is 172 Å². The average Bonchev–Trinajstić information content (AvgIpc) is 2.59. The molecule has 0 spiro atoms. The van der Waals surface area contributed by atoms with Gasteiger partial charge >= 0.3 is 0 Å². The number of aromatic nitrogens is 1. The topological polar surface area (TPSA) is 62.5 Å². The van der Waals surface area contributed by atoms with Gasteiger partial charge in [0.05, 0.1) is 11.1 Å². The van der Waals surface area contributed by atoms with Gasteiger partial charge in [-0.2, -0.15) is 0 Å². The van der Waals surface area contributed by atoms with Crippen LogP contribution in [0.15, 0.2) is 24.4 Å². The van der Waals surface area contributed by atoms with Crippen molar-refractivity contribution in [2.24, 2.45) is 5.73 Å². The lowest BCUT2D eigenvalue weighted by Gasteiger charge is -2.38. The van der Waals surface area contributed by atoms with Crippen LogP contribution in [-0.2, 0) is 10.2 Å². The lowest BCUT2D eigenvalue weighted by molar-refractivity contribution is -0.124. The van der Waals surface area contributed by atoms with Gasteiger partial charge in [0.2, 0.25) is 5.91 Å². The van der Waals surface area contributed by atoms with E-state index in [0.29, 0.717) is 37.0 Å². The third kappa shape index (κ3) is 6.28. The van der Waals surface area contributed by atoms with Crippen molar-refractivity contribution in [2.45, 2.75) is 97.8 Å². The molecular weight excluding hydrogens is 348 g/mol. The molecule has 2 N–H and O–H groups in total. The molecular formula is C23H42N4O. The van der Waals surface area contributed by atoms with Crippen molar-refractivity contribution in [2.75, 3.05) is 13.1 Å². The number of nitrogens with two attached hydrogens (primary N) is 1. The number of pyridine rings is 1. The molecule has 5 heteroatoms. The maximum atomic E-state index is 12.9. The molecule has 0 bridgehead atoms. The van der Waals surface area contributed by atoms with Gasteiger partial charge in [-0.05, 0) is 80.4 Å². The highest BCUT2D eigenvalue weighted by molar-refractivity contribution is 5.86. The van der Waals surface area contributed by atoms with Crippen LogP contribution in [0.3, 0.4) is 0 Å². The highest BCUT2D eigenvalue weighted by Crippen LogP contribution is 2.32. The molecule has 5 nitrogen and oxygen atoms in total. The Balaban J connectivity index is 3.22. The number of rotatable bonds is 12. The predicted octanol–water partition coefficient (Wildman–Crippen LogP) is 3.82. The van der Waals surface area contributed by atoms with E-state index in [-0.39, 0.29) is 5.91 Å². The van der Waals surface area contributed by atoms with Crippen LogP contribution >= 0.6 is 0 Å². The fourth-order valence-electron chi connectivity index (χ4n) is 4.26. The third-order valence-electron chi connectivity index (χ3n) is 5.87. The summed E-state index contributed by atoms with van der Waals surface area (Å²) in [6.07, 6.45) is 3.12. The zero-order valence-electron chi connectivity index (χ0n) is 19.3. The molecule has 1 rings (SSSR count). The van der Waals surface area contributed by atoms with Crippen LogP contribution in [0.2, 0.25) is 0 Å². The summed E-state index contributed by atoms with van der Waals surface area (Å²) in [6, 6.07) is 7.45. The molecule has 1 amide bonds. The van der Waals surface area contributed by atoms with Crippen LogP contribution < -0.4 is 5.73 Å². The van der Waals surface area contributed by atoms with E-state index < -0.39 is 5.41 Å². The predicted molar refractivity (Wildman–Crippen MR) is 118 cm³/mol. The van der Waals surface area contributed by atoms with Crippen LogP contribution in [0.1, 0.15) is 73.9 Å². The van der Waals surface area contributed by atoms with Gasteiger partial charge in [-0.25, -0.2) is 0 Å². The van der Waals surface area contributed by atoms with Gasteiger partial charge in [0.1, 0.15) is 0 Å². The molecule has 0 atom stereocenters. The smallest absolute Gasteiger partial charge is 0.229 e. The average molecular weight is 391 g/mol. The molecule has 1 heterocycles. The standard InChI is InChI=1S/C23H42N4O/c1-17(2)26(18(3)4)15-12-23(22(24)28,21-11-9-10-14-25-21)13-16-27(19(5)6)20(7)8/h9-11,14,17-20H,12-13,15-16H2,1-8H3,(H2,24,28). The Morgan fingerprint density at radius 1 is 0.893 bits per heavy atom. The summed E-state index contributed by atoms with van der Waals surface area (Å²) in [5.74, 6) is -0.272. The number of amides is 1. The zero-order chi connectivity index (χ0) is 21.5. The molecule has 0 saturated heterocycles. The Kier molecular flexibility index (Phi) is 9.58. The van der Waals surface area contributed by atoms with Crippen molar-refractivity contribution >= 4 is 5.91 Å². The number of carbonyl (C=O) groups is 1. The minimum Gasteiger partial charge on any atom is -0.369 e. The van der Waals surface area contributed by atoms with Crippen LogP contribution in [0.4, 0.5) is 0 Å². The van der Waals surface area contributed by atoms with E-state index in [4.69, 9.17) is 5.73 Å². The van der Waals surface area contributed by atoms with Crippen molar-refractivity contribution in [3.05, 3.63) is 30.1 Å². The summed E-state index contributed by atoms with van der Waals surface area (Å²) in [6.45, 7) is 19.2. The van der Waals surface area contributed by atoms with E-state index in [0.717, 1.165) is 18.8 Å². The first kappa shape index (κ1) is 24.6. The van der Waals surface area contributed by atoms with Gasteiger partial charge in [-0.1, -0.05) is 6.07 Å². The molecule has 1 aromatic rings. The van der Waals surface area contributed by atoms with Crippen LogP contribution in [0.5, 0.6) is 0 Å². The largest absolute Gasteiger partial charge is 0.369 e. The van der Waals surface area contributed by atoms with E-state index in [1.54, 1.807) is 6.20 Å². The van der Waals surface area contributed by atoms with E-state index in [1.807, 2.05) is 18.2 Å². The minimum atomic E-state index is -0.759. The lowest BCUT2D eigenvalue weighted by atomic mass is 9.76. The second-order valence-corrected chi connectivity index (χ2v) is 9.01. The maximum Gasteiger partial charge on any atom is 0.229 e. The first-order chi connectivity index (χ1) is 13.0. The molecule has 28 heavy (non-hydrogen) atoms. The van der Waals surface area contributed by atoms with Crippen molar-refractivity contribution in [3.63, 3.8) is 0 Å². The van der Waals surface area contributed by atoms with Crippen molar-refractivity contribution in [1.82, 2.24) is 14.8 Å². The van der Waals surface area contributed by atoms with Gasteiger partial charge in [0.15, 0.2) is 0 Å². The fourth-order valence-corrected chi connectivity index (χ4v) is 4.26. The van der Waals surface area contributed by atoms with Gasteiger partial charge in [0.25, 0.3) is 0 Å². The maximum absolute atomic E-state index is 12.9. The lowest BCUT2D eigenvalue weighted by Crippen LogP contribution is -2.49. The summed E-state index contributed by atoms with van der Waals surface area (Å²) >= 11 is 0. The van der Waals surface area contributed by atoms with Gasteiger partial charge in [-0.3, -0.25) is 19.6 Å². The van der Waals surface area contributed by atoms with Gasteiger partial charge in [0, 0.05) is 43.5 Å². The number of carbonyl (C=O) groups excluding carboxylic acids is 1. The Morgan fingerprint density at radius 3 is 1.61 bits per heavy atom. The summed E-state index contributed by atoms with van der Waals surface area (Å²) < 4.78 is 0. The molecule has 0 saturated carbocycles. The monoisotopic (exact) mass is 390 g/mol. The van der Waals surface area contributed by atoms with Gasteiger partial charge in [-0.15, -0.1) is 0 Å². The minimum absolute atomic E-state index is 0.272. The summed E-state index contributed by atoms with van der Waals surface area (Å²) in [4.78, 5) is 22.3. The third-order valence-corrected chi connectivity index (χ3v) is 5.87. The summed E-state index contributed by atoms with van der Waals surface area (Å²) in [5.41, 5.74) is 6.10. The first-order valence-electron chi connectivity index (χ1n) is 10.8. The Hall–Kier alpha value is -1.46. The van der Waals surface area contributed by atoms with Gasteiger partial charge < -0.3 is 5.73 Å². The van der Waals surface area contributed by atoms with E-state index in [2.05, 4.69) is 70.2 Å². The summed E-state index contributed by atoms with van der Waals surface area (Å²) in [7, 11) is 0. The molecule has 0 aliphatic heterocycles. The Bertz CT molecular complexity index is 544. The molecule has 0 aliphatic rings. The number of primary amides is 1. The SMILES string of the molecule is CC(C)N(CCC(CCN(C(C)C)C(C)C)(C(N)=O)c1ccccn1)C(C)C. The van der Waals surface area contributed by atoms with Crippen LogP contribution in [0.25, 0.3) is 0 Å². The molecule has 160 valence electrons. The summed E-state index contributed by atoms with van der Waals surface area (Å²) in [5, 5.41) is 0.